The molecule has 0 saturated carbocycles. The standard InChI is InChI=1S/C8H14F3NO2/c1-6(13)4-12-3-2-7(14,5-12)8(9,10)11/h6,13-14H,2-5H2,1H3/t6-,7?/m0/s1. The molecular weight excluding hydrogens is 199 g/mol. The largest absolute Gasteiger partial charge is 0.418 e. The van der Waals surface area contributed by atoms with Crippen LogP contribution in [0, 0.1) is 0 Å². The van der Waals surface area contributed by atoms with Crippen LogP contribution in [0.25, 0.3) is 0 Å². The molecule has 6 heteroatoms. The van der Waals surface area contributed by atoms with Crippen LogP contribution in [0.15, 0.2) is 0 Å². The Kier molecular flexibility index (Phi) is 3.08. The third-order valence-corrected chi connectivity index (χ3v) is 2.38. The van der Waals surface area contributed by atoms with Gasteiger partial charge in [-0.3, -0.25) is 4.90 Å². The summed E-state index contributed by atoms with van der Waals surface area (Å²) in [7, 11) is 0. The fraction of sp³-hybridized carbons (Fsp3) is 1.00. The lowest BCUT2D eigenvalue weighted by Crippen LogP contribution is -2.47. The van der Waals surface area contributed by atoms with Crippen molar-refractivity contribution < 1.29 is 23.4 Å². The first kappa shape index (κ1) is 11.7. The van der Waals surface area contributed by atoms with Crippen molar-refractivity contribution in [3.8, 4) is 0 Å². The summed E-state index contributed by atoms with van der Waals surface area (Å²) < 4.78 is 36.9. The van der Waals surface area contributed by atoms with Gasteiger partial charge in [0.25, 0.3) is 0 Å². The fourth-order valence-electron chi connectivity index (χ4n) is 1.63. The Morgan fingerprint density at radius 2 is 2.07 bits per heavy atom. The number of rotatable bonds is 2. The fourth-order valence-corrected chi connectivity index (χ4v) is 1.63. The lowest BCUT2D eigenvalue weighted by atomic mass is 10.0. The van der Waals surface area contributed by atoms with Crippen LogP contribution >= 0.6 is 0 Å². The van der Waals surface area contributed by atoms with Crippen LogP contribution in [0.5, 0.6) is 0 Å². The first-order chi connectivity index (χ1) is 6.24. The van der Waals surface area contributed by atoms with E-state index in [2.05, 4.69) is 0 Å². The van der Waals surface area contributed by atoms with Gasteiger partial charge in [0, 0.05) is 19.6 Å². The molecule has 1 fully saturated rings. The molecule has 0 spiro atoms. The number of likely N-dealkylation sites (tertiary alicyclic amines) is 1. The van der Waals surface area contributed by atoms with Gasteiger partial charge < -0.3 is 10.2 Å². The van der Waals surface area contributed by atoms with E-state index >= 15 is 0 Å². The van der Waals surface area contributed by atoms with E-state index in [9.17, 15) is 18.3 Å². The Morgan fingerprint density at radius 1 is 1.50 bits per heavy atom. The third kappa shape index (κ3) is 2.37. The van der Waals surface area contributed by atoms with Gasteiger partial charge in [0.05, 0.1) is 6.10 Å². The van der Waals surface area contributed by atoms with Crippen LogP contribution in [-0.2, 0) is 0 Å². The van der Waals surface area contributed by atoms with Crippen molar-refractivity contribution in [2.45, 2.75) is 31.2 Å². The minimum atomic E-state index is -4.58. The summed E-state index contributed by atoms with van der Waals surface area (Å²) in [5, 5.41) is 18.2. The maximum absolute atomic E-state index is 12.3. The van der Waals surface area contributed by atoms with Crippen LogP contribution < -0.4 is 0 Å². The zero-order chi connectivity index (χ0) is 11.0. The lowest BCUT2D eigenvalue weighted by Gasteiger charge is -2.26. The van der Waals surface area contributed by atoms with E-state index in [-0.39, 0.29) is 19.5 Å². The predicted molar refractivity (Wildman–Crippen MR) is 43.7 cm³/mol. The van der Waals surface area contributed by atoms with Gasteiger partial charge in [-0.05, 0) is 13.3 Å². The summed E-state index contributed by atoms with van der Waals surface area (Å²) in [6.45, 7) is 1.39. The maximum atomic E-state index is 12.3. The number of aliphatic hydroxyl groups is 2. The first-order valence-corrected chi connectivity index (χ1v) is 4.44. The summed E-state index contributed by atoms with van der Waals surface area (Å²) in [5.74, 6) is 0. The molecule has 1 aliphatic rings. The number of hydrogen-bond acceptors (Lipinski definition) is 3. The molecule has 1 heterocycles. The molecule has 0 amide bonds. The summed E-state index contributed by atoms with van der Waals surface area (Å²) in [6.07, 6.45) is -5.57. The van der Waals surface area contributed by atoms with E-state index in [1.54, 1.807) is 0 Å². The molecule has 0 bridgehead atoms. The minimum absolute atomic E-state index is 0.165. The average Bonchev–Trinajstić information content (AvgIpc) is 2.30. The zero-order valence-corrected chi connectivity index (χ0v) is 7.88. The van der Waals surface area contributed by atoms with E-state index in [0.29, 0.717) is 0 Å². The smallest absolute Gasteiger partial charge is 0.392 e. The van der Waals surface area contributed by atoms with Crippen LogP contribution in [-0.4, -0.2) is 52.6 Å². The Balaban J connectivity index is 2.56. The minimum Gasteiger partial charge on any atom is -0.392 e. The van der Waals surface area contributed by atoms with Gasteiger partial charge in [-0.1, -0.05) is 0 Å². The summed E-state index contributed by atoms with van der Waals surface area (Å²) >= 11 is 0. The van der Waals surface area contributed by atoms with Gasteiger partial charge in [0.15, 0.2) is 5.60 Å². The lowest BCUT2D eigenvalue weighted by molar-refractivity contribution is -0.254. The number of nitrogens with zero attached hydrogens (tertiary/aromatic N) is 1. The van der Waals surface area contributed by atoms with Crippen molar-refractivity contribution in [1.82, 2.24) is 4.90 Å². The third-order valence-electron chi connectivity index (χ3n) is 2.38. The van der Waals surface area contributed by atoms with E-state index < -0.39 is 24.4 Å². The van der Waals surface area contributed by atoms with E-state index in [0.717, 1.165) is 0 Å². The molecule has 1 unspecified atom stereocenters. The van der Waals surface area contributed by atoms with E-state index in [1.807, 2.05) is 0 Å². The number of aliphatic hydroxyl groups excluding tert-OH is 1. The van der Waals surface area contributed by atoms with Crippen molar-refractivity contribution in [3.63, 3.8) is 0 Å². The molecule has 2 N–H and O–H groups in total. The van der Waals surface area contributed by atoms with Crippen LogP contribution in [0.3, 0.4) is 0 Å². The molecule has 0 aromatic carbocycles. The summed E-state index contributed by atoms with van der Waals surface area (Å²) in [4.78, 5) is 1.41. The maximum Gasteiger partial charge on any atom is 0.418 e. The zero-order valence-electron chi connectivity index (χ0n) is 7.88. The second kappa shape index (κ2) is 3.67. The van der Waals surface area contributed by atoms with Crippen molar-refractivity contribution in [1.29, 1.82) is 0 Å². The van der Waals surface area contributed by atoms with E-state index in [1.165, 1.54) is 11.8 Å². The molecule has 0 aromatic rings. The molecule has 1 rings (SSSR count). The molecule has 1 aliphatic heterocycles. The Bertz CT molecular complexity index is 207. The highest BCUT2D eigenvalue weighted by molar-refractivity contribution is 4.96. The molecule has 0 radical (unpaired) electrons. The summed E-state index contributed by atoms with van der Waals surface area (Å²) in [5.41, 5.74) is -2.60. The predicted octanol–water partition coefficient (Wildman–Crippen LogP) is 0.366. The van der Waals surface area contributed by atoms with Gasteiger partial charge in [0.2, 0.25) is 0 Å². The van der Waals surface area contributed by atoms with Gasteiger partial charge >= 0.3 is 6.18 Å². The van der Waals surface area contributed by atoms with Gasteiger partial charge in [-0.25, -0.2) is 0 Å². The van der Waals surface area contributed by atoms with Gasteiger partial charge in [0.1, 0.15) is 0 Å². The van der Waals surface area contributed by atoms with E-state index in [4.69, 9.17) is 5.11 Å². The molecule has 0 aliphatic carbocycles. The summed E-state index contributed by atoms with van der Waals surface area (Å²) in [6, 6.07) is 0. The number of hydrogen-bond donors (Lipinski definition) is 2. The van der Waals surface area contributed by atoms with Crippen LogP contribution in [0.4, 0.5) is 13.2 Å². The first-order valence-electron chi connectivity index (χ1n) is 4.44. The number of halogens is 3. The molecule has 2 atom stereocenters. The number of alkyl halides is 3. The SMILES string of the molecule is C[C@H](O)CN1CCC(O)(C(F)(F)F)C1. The van der Waals surface area contributed by atoms with Crippen molar-refractivity contribution in [2.24, 2.45) is 0 Å². The van der Waals surface area contributed by atoms with Gasteiger partial charge in [-0.15, -0.1) is 0 Å². The van der Waals surface area contributed by atoms with Crippen molar-refractivity contribution in [2.75, 3.05) is 19.6 Å². The Labute approximate surface area is 80.1 Å². The van der Waals surface area contributed by atoms with Gasteiger partial charge in [-0.2, -0.15) is 13.2 Å². The monoisotopic (exact) mass is 213 g/mol. The average molecular weight is 213 g/mol. The molecule has 1 saturated heterocycles. The molecule has 0 aromatic heterocycles. The second-order valence-corrected chi connectivity index (χ2v) is 3.86. The molecule has 84 valence electrons. The quantitative estimate of drug-likeness (QED) is 0.696. The number of β-amino-alcohol motifs (C(OH)–C–C–N with tert-alkyl or cyclic N) is 2. The molecular formula is C8H14F3NO2. The Hall–Kier alpha value is -0.330. The highest BCUT2D eigenvalue weighted by Gasteiger charge is 2.56. The highest BCUT2D eigenvalue weighted by atomic mass is 19.4. The van der Waals surface area contributed by atoms with Crippen molar-refractivity contribution in [3.05, 3.63) is 0 Å². The molecule has 14 heavy (non-hydrogen) atoms. The Morgan fingerprint density at radius 3 is 2.43 bits per heavy atom. The van der Waals surface area contributed by atoms with Crippen LogP contribution in [0.1, 0.15) is 13.3 Å². The highest BCUT2D eigenvalue weighted by Crippen LogP contribution is 2.37. The van der Waals surface area contributed by atoms with Crippen molar-refractivity contribution >= 4 is 0 Å². The topological polar surface area (TPSA) is 43.7 Å². The normalized spacial score (nSPS) is 32.1. The second-order valence-electron chi connectivity index (χ2n) is 3.86. The van der Waals surface area contributed by atoms with Crippen LogP contribution in [0.2, 0.25) is 0 Å². The molecule has 3 nitrogen and oxygen atoms in total.